The predicted octanol–water partition coefficient (Wildman–Crippen LogP) is 2.96. The highest BCUT2D eigenvalue weighted by Crippen LogP contribution is 2.24. The minimum atomic E-state index is 0.0304. The maximum atomic E-state index is 5.85. The van der Waals surface area contributed by atoms with E-state index in [4.69, 9.17) is 5.73 Å². The summed E-state index contributed by atoms with van der Waals surface area (Å²) in [4.78, 5) is 0. The van der Waals surface area contributed by atoms with Crippen LogP contribution in [0.3, 0.4) is 0 Å². The van der Waals surface area contributed by atoms with Crippen molar-refractivity contribution < 1.29 is 0 Å². The standard InChI is InChI=1S/C12H14BrN3/c1-8-6-15-16(7-8)10-3-4-11(9(2)14)12(13)5-10/h3-7,9H,14H2,1-2H3/t9-/m0/s1. The summed E-state index contributed by atoms with van der Waals surface area (Å²) in [6, 6.07) is 6.12. The Hall–Kier alpha value is -1.13. The van der Waals surface area contributed by atoms with Crippen LogP contribution in [0.1, 0.15) is 24.1 Å². The predicted molar refractivity (Wildman–Crippen MR) is 68.6 cm³/mol. The lowest BCUT2D eigenvalue weighted by atomic mass is 10.1. The van der Waals surface area contributed by atoms with Crippen LogP contribution in [0.5, 0.6) is 0 Å². The molecule has 1 aromatic carbocycles. The molecule has 0 saturated carbocycles. The highest BCUT2D eigenvalue weighted by atomic mass is 79.9. The summed E-state index contributed by atoms with van der Waals surface area (Å²) in [5.74, 6) is 0. The highest BCUT2D eigenvalue weighted by Gasteiger charge is 2.06. The maximum Gasteiger partial charge on any atom is 0.0657 e. The minimum absolute atomic E-state index is 0.0304. The van der Waals surface area contributed by atoms with E-state index in [-0.39, 0.29) is 6.04 Å². The second kappa shape index (κ2) is 4.39. The van der Waals surface area contributed by atoms with Crippen molar-refractivity contribution in [3.63, 3.8) is 0 Å². The van der Waals surface area contributed by atoms with Crippen molar-refractivity contribution in [3.8, 4) is 5.69 Å². The molecule has 16 heavy (non-hydrogen) atoms. The van der Waals surface area contributed by atoms with E-state index in [1.165, 1.54) is 0 Å². The van der Waals surface area contributed by atoms with Gasteiger partial charge >= 0.3 is 0 Å². The number of rotatable bonds is 2. The monoisotopic (exact) mass is 279 g/mol. The molecule has 0 bridgehead atoms. The van der Waals surface area contributed by atoms with Crippen molar-refractivity contribution in [1.29, 1.82) is 0 Å². The summed E-state index contributed by atoms with van der Waals surface area (Å²) in [5, 5.41) is 4.27. The van der Waals surface area contributed by atoms with Crippen molar-refractivity contribution in [2.24, 2.45) is 5.73 Å². The number of benzene rings is 1. The molecule has 0 saturated heterocycles. The molecule has 84 valence electrons. The van der Waals surface area contributed by atoms with Crippen molar-refractivity contribution in [3.05, 3.63) is 46.2 Å². The van der Waals surface area contributed by atoms with Crippen molar-refractivity contribution in [1.82, 2.24) is 9.78 Å². The molecule has 1 heterocycles. The Morgan fingerprint density at radius 2 is 2.19 bits per heavy atom. The molecule has 0 unspecified atom stereocenters. The van der Waals surface area contributed by atoms with Crippen LogP contribution >= 0.6 is 15.9 Å². The number of nitrogens with zero attached hydrogens (tertiary/aromatic N) is 2. The maximum absolute atomic E-state index is 5.85. The molecule has 0 spiro atoms. The van der Waals surface area contributed by atoms with E-state index in [0.717, 1.165) is 21.3 Å². The quantitative estimate of drug-likeness (QED) is 0.919. The number of hydrogen-bond donors (Lipinski definition) is 1. The average molecular weight is 280 g/mol. The second-order valence-corrected chi connectivity index (χ2v) is 4.81. The Balaban J connectivity index is 2.42. The highest BCUT2D eigenvalue weighted by molar-refractivity contribution is 9.10. The van der Waals surface area contributed by atoms with Crippen molar-refractivity contribution >= 4 is 15.9 Å². The first kappa shape index (κ1) is 11.4. The van der Waals surface area contributed by atoms with Gasteiger partial charge in [-0.3, -0.25) is 0 Å². The average Bonchev–Trinajstić information content (AvgIpc) is 2.64. The molecule has 3 nitrogen and oxygen atoms in total. The molecule has 0 aliphatic carbocycles. The normalized spacial score (nSPS) is 12.8. The van der Waals surface area contributed by atoms with Gasteiger partial charge in [0.2, 0.25) is 0 Å². The van der Waals surface area contributed by atoms with Gasteiger partial charge in [0.05, 0.1) is 11.9 Å². The molecule has 0 aliphatic rings. The van der Waals surface area contributed by atoms with E-state index < -0.39 is 0 Å². The van der Waals surface area contributed by atoms with Crippen LogP contribution in [-0.2, 0) is 0 Å². The van der Waals surface area contributed by atoms with E-state index in [1.807, 2.05) is 49.1 Å². The molecule has 0 aliphatic heterocycles. The lowest BCUT2D eigenvalue weighted by Crippen LogP contribution is -2.06. The fourth-order valence-electron chi connectivity index (χ4n) is 1.58. The van der Waals surface area contributed by atoms with Gasteiger partial charge in [0, 0.05) is 16.7 Å². The zero-order chi connectivity index (χ0) is 11.7. The molecular weight excluding hydrogens is 266 g/mol. The van der Waals surface area contributed by atoms with Gasteiger partial charge in [0.15, 0.2) is 0 Å². The molecule has 1 atom stereocenters. The summed E-state index contributed by atoms with van der Waals surface area (Å²) >= 11 is 3.53. The largest absolute Gasteiger partial charge is 0.324 e. The van der Waals surface area contributed by atoms with Crippen LogP contribution in [0.2, 0.25) is 0 Å². The Morgan fingerprint density at radius 3 is 2.69 bits per heavy atom. The van der Waals surface area contributed by atoms with E-state index in [2.05, 4.69) is 21.0 Å². The van der Waals surface area contributed by atoms with Gasteiger partial charge in [0.1, 0.15) is 0 Å². The summed E-state index contributed by atoms with van der Waals surface area (Å²) in [7, 11) is 0. The third kappa shape index (κ3) is 2.18. The number of hydrogen-bond acceptors (Lipinski definition) is 2. The minimum Gasteiger partial charge on any atom is -0.324 e. The topological polar surface area (TPSA) is 43.8 Å². The Morgan fingerprint density at radius 1 is 1.44 bits per heavy atom. The first-order valence-electron chi connectivity index (χ1n) is 5.14. The van der Waals surface area contributed by atoms with Gasteiger partial charge in [-0.2, -0.15) is 5.10 Å². The first-order chi connectivity index (χ1) is 7.58. The van der Waals surface area contributed by atoms with Gasteiger partial charge in [-0.1, -0.05) is 22.0 Å². The van der Waals surface area contributed by atoms with Crippen LogP contribution in [0.4, 0.5) is 0 Å². The SMILES string of the molecule is Cc1cnn(-c2ccc([C@H](C)N)c(Br)c2)c1. The van der Waals surface area contributed by atoms with Crippen molar-refractivity contribution in [2.75, 3.05) is 0 Å². The fraction of sp³-hybridized carbons (Fsp3) is 0.250. The number of halogens is 1. The van der Waals surface area contributed by atoms with E-state index in [9.17, 15) is 0 Å². The van der Waals surface area contributed by atoms with Gasteiger partial charge in [0.25, 0.3) is 0 Å². The van der Waals surface area contributed by atoms with E-state index >= 15 is 0 Å². The van der Waals surface area contributed by atoms with Crippen LogP contribution < -0.4 is 5.73 Å². The van der Waals surface area contributed by atoms with Crippen LogP contribution in [0.25, 0.3) is 5.69 Å². The van der Waals surface area contributed by atoms with Crippen molar-refractivity contribution in [2.45, 2.75) is 19.9 Å². The smallest absolute Gasteiger partial charge is 0.0657 e. The van der Waals surface area contributed by atoms with E-state index in [1.54, 1.807) is 0 Å². The molecular formula is C12H14BrN3. The molecule has 2 rings (SSSR count). The third-order valence-electron chi connectivity index (χ3n) is 2.45. The van der Waals surface area contributed by atoms with Gasteiger partial charge in [-0.05, 0) is 37.1 Å². The lowest BCUT2D eigenvalue weighted by Gasteiger charge is -2.10. The first-order valence-corrected chi connectivity index (χ1v) is 5.94. The summed E-state index contributed by atoms with van der Waals surface area (Å²) < 4.78 is 2.87. The Bertz CT molecular complexity index is 503. The zero-order valence-corrected chi connectivity index (χ0v) is 10.9. The van der Waals surface area contributed by atoms with Crippen LogP contribution in [0, 0.1) is 6.92 Å². The molecule has 2 N–H and O–H groups in total. The Kier molecular flexibility index (Phi) is 3.12. The van der Waals surface area contributed by atoms with Gasteiger partial charge in [-0.15, -0.1) is 0 Å². The molecule has 0 radical (unpaired) electrons. The third-order valence-corrected chi connectivity index (χ3v) is 3.14. The summed E-state index contributed by atoms with van der Waals surface area (Å²) in [6.07, 6.45) is 3.83. The molecule has 0 fully saturated rings. The number of aromatic nitrogens is 2. The number of nitrogens with two attached hydrogens (primary N) is 1. The second-order valence-electron chi connectivity index (χ2n) is 3.96. The Labute approximate surface area is 103 Å². The molecule has 1 aromatic heterocycles. The van der Waals surface area contributed by atoms with Gasteiger partial charge < -0.3 is 5.73 Å². The summed E-state index contributed by atoms with van der Waals surface area (Å²) in [6.45, 7) is 3.99. The molecule has 4 heteroatoms. The van der Waals surface area contributed by atoms with Gasteiger partial charge in [-0.25, -0.2) is 4.68 Å². The zero-order valence-electron chi connectivity index (χ0n) is 9.31. The molecule has 2 aromatic rings. The van der Waals surface area contributed by atoms with E-state index in [0.29, 0.717) is 0 Å². The number of aryl methyl sites for hydroxylation is 1. The fourth-order valence-corrected chi connectivity index (χ4v) is 2.31. The molecule has 0 amide bonds. The van der Waals surface area contributed by atoms with Crippen LogP contribution in [0.15, 0.2) is 35.1 Å². The summed E-state index contributed by atoms with van der Waals surface area (Å²) in [5.41, 5.74) is 9.14. The lowest BCUT2D eigenvalue weighted by molar-refractivity contribution is 0.809. The van der Waals surface area contributed by atoms with Crippen LogP contribution in [-0.4, -0.2) is 9.78 Å².